The normalized spacial score (nSPS) is 21.1. The Bertz CT molecular complexity index is 1070. The summed E-state index contributed by atoms with van der Waals surface area (Å²) in [6.45, 7) is 3.31. The van der Waals surface area contributed by atoms with E-state index in [2.05, 4.69) is 19.1 Å². The molecule has 1 heterocycles. The number of hydrogen-bond donors (Lipinski definition) is 0. The minimum atomic E-state index is -3.33. The van der Waals surface area contributed by atoms with Crippen molar-refractivity contribution in [1.29, 1.82) is 0 Å². The van der Waals surface area contributed by atoms with Crippen molar-refractivity contribution in [2.75, 3.05) is 20.2 Å². The van der Waals surface area contributed by atoms with Crippen LogP contribution >= 0.6 is 0 Å². The number of rotatable bonds is 10. The molecule has 0 bridgehead atoms. The van der Waals surface area contributed by atoms with E-state index in [-0.39, 0.29) is 17.1 Å². The van der Waals surface area contributed by atoms with Crippen LogP contribution in [-0.2, 0) is 20.6 Å². The number of benzene rings is 2. The van der Waals surface area contributed by atoms with Crippen LogP contribution in [0.5, 0.6) is 5.75 Å². The molecular formula is C29H39NO4S. The first-order valence-corrected chi connectivity index (χ1v) is 14.6. The molecule has 1 saturated carbocycles. The minimum Gasteiger partial charge on any atom is -0.497 e. The number of piperidine rings is 1. The summed E-state index contributed by atoms with van der Waals surface area (Å²) < 4.78 is 32.9. The highest BCUT2D eigenvalue weighted by molar-refractivity contribution is 7.88. The predicted octanol–water partition coefficient (Wildman–Crippen LogP) is 5.95. The maximum atomic E-state index is 13.0. The van der Waals surface area contributed by atoms with Gasteiger partial charge >= 0.3 is 0 Å². The van der Waals surface area contributed by atoms with Crippen molar-refractivity contribution >= 4 is 15.8 Å². The van der Waals surface area contributed by atoms with Crippen LogP contribution < -0.4 is 4.74 Å². The zero-order valence-electron chi connectivity index (χ0n) is 21.1. The Kier molecular flexibility index (Phi) is 8.33. The molecule has 0 amide bonds. The maximum Gasteiger partial charge on any atom is 0.218 e. The summed E-state index contributed by atoms with van der Waals surface area (Å²) in [6, 6.07) is 17.4. The van der Waals surface area contributed by atoms with E-state index in [1.165, 1.54) is 0 Å². The van der Waals surface area contributed by atoms with Crippen molar-refractivity contribution in [2.24, 2.45) is 11.3 Å². The first kappa shape index (κ1) is 25.9. The molecule has 2 aromatic rings. The van der Waals surface area contributed by atoms with Crippen molar-refractivity contribution < 1.29 is 17.9 Å². The van der Waals surface area contributed by atoms with Gasteiger partial charge in [-0.15, -0.1) is 0 Å². The number of hydrogen-bond acceptors (Lipinski definition) is 4. The van der Waals surface area contributed by atoms with Crippen molar-refractivity contribution in [3.8, 4) is 5.75 Å². The van der Waals surface area contributed by atoms with Crippen molar-refractivity contribution in [3.05, 3.63) is 65.7 Å². The molecule has 190 valence electrons. The molecule has 2 fully saturated rings. The van der Waals surface area contributed by atoms with Crippen LogP contribution in [0, 0.1) is 11.3 Å². The van der Waals surface area contributed by atoms with E-state index in [0.29, 0.717) is 31.2 Å². The average molecular weight is 498 g/mol. The fourth-order valence-electron chi connectivity index (χ4n) is 6.14. The lowest BCUT2D eigenvalue weighted by Crippen LogP contribution is -2.42. The van der Waals surface area contributed by atoms with E-state index in [4.69, 9.17) is 4.74 Å². The van der Waals surface area contributed by atoms with Gasteiger partial charge in [-0.25, -0.2) is 12.7 Å². The number of methoxy groups -OCH3 is 1. The second-order valence-corrected chi connectivity index (χ2v) is 12.5. The highest BCUT2D eigenvalue weighted by Gasteiger charge is 2.43. The standard InChI is InChI=1S/C29H39NO4S/c1-3-27(25-7-5-4-6-8-25)28(31)14-11-23-15-16-29(21-23)17-19-30(20-18-29)35(32,33)22-24-9-12-26(34-2)13-10-24/h4-10,12-13,23,27H,3,11,14-22H2,1-2H3. The minimum absolute atomic E-state index is 0.00529. The lowest BCUT2D eigenvalue weighted by molar-refractivity contribution is -0.120. The van der Waals surface area contributed by atoms with E-state index in [9.17, 15) is 13.2 Å². The highest BCUT2D eigenvalue weighted by Crippen LogP contribution is 2.50. The summed E-state index contributed by atoms with van der Waals surface area (Å²) in [5, 5.41) is 0. The number of carbonyl (C=O) groups is 1. The van der Waals surface area contributed by atoms with Gasteiger partial charge in [0.05, 0.1) is 12.9 Å². The van der Waals surface area contributed by atoms with Crippen LogP contribution in [0.1, 0.15) is 75.3 Å². The summed E-state index contributed by atoms with van der Waals surface area (Å²) in [5.41, 5.74) is 2.17. The number of ether oxygens (including phenoxy) is 1. The summed E-state index contributed by atoms with van der Waals surface area (Å²) in [6.07, 6.45) is 7.77. The van der Waals surface area contributed by atoms with E-state index >= 15 is 0 Å². The summed E-state index contributed by atoms with van der Waals surface area (Å²) in [4.78, 5) is 13.0. The number of sulfonamides is 1. The van der Waals surface area contributed by atoms with Gasteiger partial charge in [0.15, 0.2) is 0 Å². The molecule has 0 N–H and O–H groups in total. The fourth-order valence-corrected chi connectivity index (χ4v) is 7.68. The summed E-state index contributed by atoms with van der Waals surface area (Å²) >= 11 is 0. The molecule has 5 nitrogen and oxygen atoms in total. The summed E-state index contributed by atoms with van der Waals surface area (Å²) in [5.74, 6) is 1.71. The number of ketones is 1. The van der Waals surface area contributed by atoms with E-state index in [0.717, 1.165) is 61.8 Å². The van der Waals surface area contributed by atoms with Crippen molar-refractivity contribution in [3.63, 3.8) is 0 Å². The highest BCUT2D eigenvalue weighted by atomic mass is 32.2. The Hall–Kier alpha value is -2.18. The van der Waals surface area contributed by atoms with Gasteiger partial charge in [0.25, 0.3) is 0 Å². The SMILES string of the molecule is CCC(C(=O)CCC1CCC2(CCN(S(=O)(=O)Cc3ccc(OC)cc3)CC2)C1)c1ccccc1. The Morgan fingerprint density at radius 1 is 1.06 bits per heavy atom. The zero-order valence-corrected chi connectivity index (χ0v) is 21.9. The third kappa shape index (κ3) is 6.34. The van der Waals surface area contributed by atoms with Crippen LogP contribution in [-0.4, -0.2) is 38.7 Å². The quantitative estimate of drug-likeness (QED) is 0.407. The Morgan fingerprint density at radius 2 is 1.74 bits per heavy atom. The molecule has 0 radical (unpaired) electrons. The molecule has 1 spiro atoms. The lowest BCUT2D eigenvalue weighted by atomic mass is 9.76. The van der Waals surface area contributed by atoms with Crippen LogP contribution in [0.4, 0.5) is 0 Å². The molecule has 1 saturated heterocycles. The van der Waals surface area contributed by atoms with Gasteiger partial charge in [0.1, 0.15) is 11.5 Å². The van der Waals surface area contributed by atoms with Crippen LogP contribution in [0.2, 0.25) is 0 Å². The monoisotopic (exact) mass is 497 g/mol. The third-order valence-electron chi connectivity index (χ3n) is 8.29. The lowest BCUT2D eigenvalue weighted by Gasteiger charge is -2.39. The number of carbonyl (C=O) groups excluding carboxylic acids is 1. The molecule has 0 aromatic heterocycles. The Balaban J connectivity index is 1.26. The van der Waals surface area contributed by atoms with E-state index < -0.39 is 10.0 Å². The smallest absolute Gasteiger partial charge is 0.218 e. The zero-order chi connectivity index (χ0) is 24.9. The molecule has 4 rings (SSSR count). The fraction of sp³-hybridized carbons (Fsp3) is 0.552. The topological polar surface area (TPSA) is 63.7 Å². The maximum absolute atomic E-state index is 13.0. The molecule has 2 atom stereocenters. The number of Topliss-reactive ketones (excluding diaryl/α,β-unsaturated/α-hetero) is 1. The van der Waals surface area contributed by atoms with Crippen LogP contribution in [0.3, 0.4) is 0 Å². The number of nitrogens with zero attached hydrogens (tertiary/aromatic N) is 1. The molecule has 1 aliphatic heterocycles. The second-order valence-electron chi connectivity index (χ2n) is 10.5. The van der Waals surface area contributed by atoms with Gasteiger partial charge in [-0.1, -0.05) is 49.4 Å². The van der Waals surface area contributed by atoms with Gasteiger partial charge in [-0.3, -0.25) is 4.79 Å². The van der Waals surface area contributed by atoms with E-state index in [1.54, 1.807) is 11.4 Å². The molecule has 2 aliphatic rings. The van der Waals surface area contributed by atoms with Gasteiger partial charge in [0.2, 0.25) is 10.0 Å². The van der Waals surface area contributed by atoms with E-state index in [1.807, 2.05) is 42.5 Å². The molecule has 2 unspecified atom stereocenters. The van der Waals surface area contributed by atoms with Gasteiger partial charge in [0, 0.05) is 25.4 Å². The van der Waals surface area contributed by atoms with Crippen LogP contribution in [0.25, 0.3) is 0 Å². The average Bonchev–Trinajstić information content (AvgIpc) is 3.26. The molecule has 2 aromatic carbocycles. The Labute approximate surface area is 210 Å². The molecule has 35 heavy (non-hydrogen) atoms. The van der Waals surface area contributed by atoms with Crippen LogP contribution in [0.15, 0.2) is 54.6 Å². The third-order valence-corrected chi connectivity index (χ3v) is 10.1. The first-order valence-electron chi connectivity index (χ1n) is 13.0. The largest absolute Gasteiger partial charge is 0.497 e. The summed E-state index contributed by atoms with van der Waals surface area (Å²) in [7, 11) is -1.72. The molecule has 1 aliphatic carbocycles. The molecule has 6 heteroatoms. The second kappa shape index (κ2) is 11.3. The van der Waals surface area contributed by atoms with Gasteiger partial charge < -0.3 is 4.74 Å². The first-order chi connectivity index (χ1) is 16.8. The Morgan fingerprint density at radius 3 is 2.37 bits per heavy atom. The van der Waals surface area contributed by atoms with Gasteiger partial charge in [-0.2, -0.15) is 0 Å². The van der Waals surface area contributed by atoms with Crippen molar-refractivity contribution in [2.45, 2.75) is 70.0 Å². The molecular weight excluding hydrogens is 458 g/mol. The van der Waals surface area contributed by atoms with Crippen molar-refractivity contribution in [1.82, 2.24) is 4.31 Å². The van der Waals surface area contributed by atoms with Gasteiger partial charge in [-0.05, 0) is 79.5 Å². The predicted molar refractivity (Wildman–Crippen MR) is 140 cm³/mol.